The van der Waals surface area contributed by atoms with E-state index in [2.05, 4.69) is 33.7 Å². The van der Waals surface area contributed by atoms with Crippen LogP contribution in [0.4, 0.5) is 5.69 Å². The van der Waals surface area contributed by atoms with Gasteiger partial charge in [0.05, 0.1) is 0 Å². The maximum atomic E-state index is 5.46. The molecule has 2 aliphatic heterocycles. The fourth-order valence-corrected chi connectivity index (χ4v) is 2.99. The number of fused-ring (bicyclic) bond motifs is 1. The molecular weight excluding hydrogens is 242 g/mol. The number of benzene rings is 1. The van der Waals surface area contributed by atoms with Crippen LogP contribution >= 0.6 is 12.2 Å². The summed E-state index contributed by atoms with van der Waals surface area (Å²) in [6, 6.07) is 8.99. The molecule has 0 saturated carbocycles. The Morgan fingerprint density at radius 1 is 1.28 bits per heavy atom. The highest BCUT2D eigenvalue weighted by Gasteiger charge is 2.22. The number of nitrogens with zero attached hydrogens (tertiary/aromatic N) is 1. The molecule has 4 heteroatoms. The zero-order valence-corrected chi connectivity index (χ0v) is 11.3. The molecule has 1 atom stereocenters. The van der Waals surface area contributed by atoms with Crippen molar-refractivity contribution in [3.63, 3.8) is 0 Å². The Bertz CT molecular complexity index is 440. The van der Waals surface area contributed by atoms with Crippen molar-refractivity contribution in [1.29, 1.82) is 0 Å². The second-order valence-corrected chi connectivity index (χ2v) is 5.50. The molecule has 1 saturated heterocycles. The largest absolute Gasteiger partial charge is 0.343 e. The van der Waals surface area contributed by atoms with E-state index in [1.807, 2.05) is 6.07 Å². The zero-order chi connectivity index (χ0) is 12.4. The van der Waals surface area contributed by atoms with E-state index in [4.69, 9.17) is 12.2 Å². The van der Waals surface area contributed by atoms with Gasteiger partial charge < -0.3 is 15.5 Å². The summed E-state index contributed by atoms with van der Waals surface area (Å²) in [5.74, 6) is 0. The lowest BCUT2D eigenvalue weighted by Gasteiger charge is -2.36. The van der Waals surface area contributed by atoms with Crippen LogP contribution in [0.25, 0.3) is 0 Å². The van der Waals surface area contributed by atoms with Crippen LogP contribution in [-0.2, 0) is 6.54 Å². The molecule has 3 nitrogen and oxygen atoms in total. The summed E-state index contributed by atoms with van der Waals surface area (Å²) >= 11 is 5.46. The minimum absolute atomic E-state index is 0.587. The molecule has 0 amide bonds. The van der Waals surface area contributed by atoms with Crippen LogP contribution in [0.5, 0.6) is 0 Å². The SMILES string of the molecule is S=C1Nc2ccccc2CN1C[C@H]1CCCCN1. The third-order valence-electron chi connectivity index (χ3n) is 3.76. The highest BCUT2D eigenvalue weighted by Crippen LogP contribution is 2.23. The third kappa shape index (κ3) is 2.49. The Kier molecular flexibility index (Phi) is 3.48. The van der Waals surface area contributed by atoms with E-state index in [-0.39, 0.29) is 0 Å². The van der Waals surface area contributed by atoms with Gasteiger partial charge in [-0.2, -0.15) is 0 Å². The molecule has 1 fully saturated rings. The highest BCUT2D eigenvalue weighted by molar-refractivity contribution is 7.80. The van der Waals surface area contributed by atoms with Gasteiger partial charge in [-0.05, 0) is 43.2 Å². The van der Waals surface area contributed by atoms with Crippen LogP contribution in [0.15, 0.2) is 24.3 Å². The Balaban J connectivity index is 1.68. The Hall–Kier alpha value is -1.13. The molecule has 0 aliphatic carbocycles. The van der Waals surface area contributed by atoms with Gasteiger partial charge >= 0.3 is 0 Å². The van der Waals surface area contributed by atoms with Crippen molar-refractivity contribution in [2.45, 2.75) is 31.8 Å². The molecule has 96 valence electrons. The first-order chi connectivity index (χ1) is 8.83. The molecule has 0 radical (unpaired) electrons. The second-order valence-electron chi connectivity index (χ2n) is 5.11. The minimum atomic E-state index is 0.587. The van der Waals surface area contributed by atoms with E-state index in [9.17, 15) is 0 Å². The molecule has 2 N–H and O–H groups in total. The van der Waals surface area contributed by atoms with Gasteiger partial charge in [-0.1, -0.05) is 24.6 Å². The number of hydrogen-bond acceptors (Lipinski definition) is 2. The normalized spacial score (nSPS) is 23.4. The Labute approximate surface area is 114 Å². The van der Waals surface area contributed by atoms with Crippen molar-refractivity contribution in [3.05, 3.63) is 29.8 Å². The second kappa shape index (κ2) is 5.24. The number of anilines is 1. The van der Waals surface area contributed by atoms with Crippen LogP contribution in [-0.4, -0.2) is 29.1 Å². The van der Waals surface area contributed by atoms with Crippen molar-refractivity contribution < 1.29 is 0 Å². The molecule has 1 aromatic rings. The van der Waals surface area contributed by atoms with Crippen LogP contribution in [0.1, 0.15) is 24.8 Å². The minimum Gasteiger partial charge on any atom is -0.343 e. The fourth-order valence-electron chi connectivity index (χ4n) is 2.75. The first-order valence-corrected chi connectivity index (χ1v) is 7.11. The van der Waals surface area contributed by atoms with Gasteiger partial charge in [0.15, 0.2) is 5.11 Å². The molecule has 3 rings (SSSR count). The Morgan fingerprint density at radius 3 is 3.00 bits per heavy atom. The van der Waals surface area contributed by atoms with Crippen LogP contribution in [0.2, 0.25) is 0 Å². The Morgan fingerprint density at radius 2 is 2.17 bits per heavy atom. The average molecular weight is 261 g/mol. The smallest absolute Gasteiger partial charge is 0.173 e. The van der Waals surface area contributed by atoms with Gasteiger partial charge in [-0.25, -0.2) is 0 Å². The summed E-state index contributed by atoms with van der Waals surface area (Å²) in [5.41, 5.74) is 2.50. The number of piperidine rings is 1. The lowest BCUT2D eigenvalue weighted by molar-refractivity contribution is 0.304. The van der Waals surface area contributed by atoms with Crippen molar-refractivity contribution in [1.82, 2.24) is 10.2 Å². The summed E-state index contributed by atoms with van der Waals surface area (Å²) in [6.45, 7) is 3.09. The number of rotatable bonds is 2. The zero-order valence-electron chi connectivity index (χ0n) is 10.5. The molecule has 0 bridgehead atoms. The third-order valence-corrected chi connectivity index (χ3v) is 4.12. The highest BCUT2D eigenvalue weighted by atomic mass is 32.1. The van der Waals surface area contributed by atoms with Crippen molar-refractivity contribution in [2.75, 3.05) is 18.4 Å². The molecule has 1 aromatic carbocycles. The van der Waals surface area contributed by atoms with Crippen molar-refractivity contribution in [2.24, 2.45) is 0 Å². The lowest BCUT2D eigenvalue weighted by Crippen LogP contribution is -2.48. The van der Waals surface area contributed by atoms with E-state index in [0.29, 0.717) is 6.04 Å². The van der Waals surface area contributed by atoms with Crippen molar-refractivity contribution >= 4 is 23.0 Å². The molecule has 18 heavy (non-hydrogen) atoms. The summed E-state index contributed by atoms with van der Waals surface area (Å²) in [7, 11) is 0. The van der Waals surface area contributed by atoms with Crippen molar-refractivity contribution in [3.8, 4) is 0 Å². The van der Waals surface area contributed by atoms with Crippen LogP contribution in [0, 0.1) is 0 Å². The number of nitrogens with one attached hydrogen (secondary N) is 2. The molecule has 2 heterocycles. The van der Waals surface area contributed by atoms with E-state index < -0.39 is 0 Å². The maximum Gasteiger partial charge on any atom is 0.173 e. The summed E-state index contributed by atoms with van der Waals surface area (Å²) in [6.07, 6.45) is 3.91. The van der Waals surface area contributed by atoms with Gasteiger partial charge in [-0.3, -0.25) is 0 Å². The number of thiocarbonyl (C=S) groups is 1. The van der Waals surface area contributed by atoms with E-state index in [1.165, 1.54) is 24.8 Å². The summed E-state index contributed by atoms with van der Waals surface area (Å²) in [5, 5.41) is 7.77. The quantitative estimate of drug-likeness (QED) is 0.799. The van der Waals surface area contributed by atoms with Gasteiger partial charge in [0.25, 0.3) is 0 Å². The number of para-hydroxylation sites is 1. The van der Waals surface area contributed by atoms with E-state index >= 15 is 0 Å². The lowest BCUT2D eigenvalue weighted by atomic mass is 10.0. The summed E-state index contributed by atoms with van der Waals surface area (Å²) < 4.78 is 0. The molecule has 0 spiro atoms. The average Bonchev–Trinajstić information content (AvgIpc) is 2.41. The molecule has 0 unspecified atom stereocenters. The predicted molar refractivity (Wildman–Crippen MR) is 78.7 cm³/mol. The topological polar surface area (TPSA) is 27.3 Å². The van der Waals surface area contributed by atoms with E-state index in [0.717, 1.165) is 30.4 Å². The van der Waals surface area contributed by atoms with Crippen LogP contribution < -0.4 is 10.6 Å². The van der Waals surface area contributed by atoms with Crippen LogP contribution in [0.3, 0.4) is 0 Å². The number of hydrogen-bond donors (Lipinski definition) is 2. The first kappa shape index (κ1) is 11.9. The predicted octanol–water partition coefficient (Wildman–Crippen LogP) is 2.34. The summed E-state index contributed by atoms with van der Waals surface area (Å²) in [4.78, 5) is 2.28. The van der Waals surface area contributed by atoms with Gasteiger partial charge in [0.2, 0.25) is 0 Å². The molecule has 0 aromatic heterocycles. The van der Waals surface area contributed by atoms with Gasteiger partial charge in [-0.15, -0.1) is 0 Å². The van der Waals surface area contributed by atoms with Gasteiger partial charge in [0.1, 0.15) is 0 Å². The van der Waals surface area contributed by atoms with Gasteiger partial charge in [0, 0.05) is 24.8 Å². The van der Waals surface area contributed by atoms with E-state index in [1.54, 1.807) is 0 Å². The standard InChI is InChI=1S/C14H19N3S/c18-14-16-13-7-2-1-5-11(13)9-17(14)10-12-6-3-4-8-15-12/h1-2,5,7,12,15H,3-4,6,8-10H2,(H,16,18)/t12-/m1/s1. The molecule has 2 aliphatic rings. The maximum absolute atomic E-state index is 5.46. The molecular formula is C14H19N3S. The fraction of sp³-hybridized carbons (Fsp3) is 0.500. The first-order valence-electron chi connectivity index (χ1n) is 6.70. The monoisotopic (exact) mass is 261 g/mol.